The molecule has 256 valence electrons. The first-order valence-corrected chi connectivity index (χ1v) is 19.5. The molecule has 0 amide bonds. The molecule has 0 saturated carbocycles. The van der Waals surface area contributed by atoms with Gasteiger partial charge in [-0.25, -0.2) is 4.98 Å². The van der Waals surface area contributed by atoms with E-state index in [9.17, 15) is 0 Å². The molecule has 0 radical (unpaired) electrons. The van der Waals surface area contributed by atoms with Gasteiger partial charge in [-0.2, -0.15) is 0 Å². The van der Waals surface area contributed by atoms with Crippen LogP contribution in [0.3, 0.4) is 0 Å². The summed E-state index contributed by atoms with van der Waals surface area (Å²) in [5.74, 6) is 0. The predicted molar refractivity (Wildman–Crippen MR) is 235 cm³/mol. The van der Waals surface area contributed by atoms with E-state index in [1.807, 2.05) is 17.5 Å². The van der Waals surface area contributed by atoms with Crippen LogP contribution in [0.2, 0.25) is 0 Å². The minimum atomic E-state index is 0.874. The van der Waals surface area contributed by atoms with Crippen molar-refractivity contribution in [1.82, 2.24) is 9.97 Å². The Morgan fingerprint density at radius 3 is 1.44 bits per heavy atom. The van der Waals surface area contributed by atoms with Crippen LogP contribution < -0.4 is 0 Å². The lowest BCUT2D eigenvalue weighted by molar-refractivity contribution is 1.31. The summed E-state index contributed by atoms with van der Waals surface area (Å²) in [5.41, 5.74) is 13.5. The number of nitrogens with zero attached hydrogens (tertiary/aromatic N) is 2. The number of rotatable bonds is 5. The van der Waals surface area contributed by atoms with Gasteiger partial charge in [0, 0.05) is 36.5 Å². The van der Waals surface area contributed by atoms with Crippen molar-refractivity contribution in [3.63, 3.8) is 0 Å². The van der Waals surface area contributed by atoms with Crippen LogP contribution in [0.5, 0.6) is 0 Å². The Morgan fingerprint density at radius 1 is 0.327 bits per heavy atom. The maximum atomic E-state index is 5.17. The Hall–Kier alpha value is -6.94. The van der Waals surface area contributed by atoms with Gasteiger partial charge >= 0.3 is 0 Å². The number of hydrogen-bond acceptors (Lipinski definition) is 3. The summed E-state index contributed by atoms with van der Waals surface area (Å²) in [6, 6.07) is 67.7. The molecule has 0 aliphatic carbocycles. The fraction of sp³-hybridized carbons (Fsp3) is 0. The molecule has 0 atom stereocenters. The average Bonchev–Trinajstić information content (AvgIpc) is 3.66. The zero-order valence-corrected chi connectivity index (χ0v) is 30.6. The van der Waals surface area contributed by atoms with E-state index in [1.165, 1.54) is 75.5 Å². The van der Waals surface area contributed by atoms with Crippen LogP contribution >= 0.6 is 11.3 Å². The van der Waals surface area contributed by atoms with Gasteiger partial charge in [0.25, 0.3) is 0 Å². The first-order chi connectivity index (χ1) is 27.2. The Bertz CT molecular complexity index is 3200. The first kappa shape index (κ1) is 31.6. The minimum absolute atomic E-state index is 0.874. The van der Waals surface area contributed by atoms with Gasteiger partial charge in [-0.3, -0.25) is 4.98 Å². The summed E-state index contributed by atoms with van der Waals surface area (Å²) in [6.07, 6.45) is 1.91. The van der Waals surface area contributed by atoms with E-state index in [0.717, 1.165) is 33.1 Å². The van der Waals surface area contributed by atoms with Crippen LogP contribution in [0.1, 0.15) is 0 Å². The van der Waals surface area contributed by atoms with E-state index in [-0.39, 0.29) is 0 Å². The summed E-state index contributed by atoms with van der Waals surface area (Å²) in [4.78, 5) is 10.1. The van der Waals surface area contributed by atoms with E-state index in [2.05, 4.69) is 188 Å². The molecule has 11 rings (SSSR count). The van der Waals surface area contributed by atoms with E-state index in [0.29, 0.717) is 0 Å². The van der Waals surface area contributed by atoms with E-state index >= 15 is 0 Å². The van der Waals surface area contributed by atoms with Crippen molar-refractivity contribution in [2.24, 2.45) is 0 Å². The van der Waals surface area contributed by atoms with Crippen molar-refractivity contribution in [3.8, 4) is 55.8 Å². The third-order valence-electron chi connectivity index (χ3n) is 11.0. The highest BCUT2D eigenvalue weighted by atomic mass is 32.1. The third kappa shape index (κ3) is 5.40. The molecular formula is C52H32N2S. The molecule has 3 heteroatoms. The summed E-state index contributed by atoms with van der Waals surface area (Å²) < 4.78 is 2.68. The normalized spacial score (nSPS) is 11.6. The molecule has 0 bridgehead atoms. The lowest BCUT2D eigenvalue weighted by Crippen LogP contribution is -1.92. The zero-order chi connectivity index (χ0) is 36.3. The van der Waals surface area contributed by atoms with Gasteiger partial charge < -0.3 is 0 Å². The average molecular weight is 717 g/mol. The molecule has 0 fully saturated rings. The van der Waals surface area contributed by atoms with Crippen molar-refractivity contribution in [2.45, 2.75) is 0 Å². The number of fused-ring (bicyclic) bond motifs is 9. The molecule has 0 saturated heterocycles. The summed E-state index contributed by atoms with van der Waals surface area (Å²) >= 11 is 1.88. The summed E-state index contributed by atoms with van der Waals surface area (Å²) in [7, 11) is 0. The molecule has 2 aromatic heterocycles. The van der Waals surface area contributed by atoms with Gasteiger partial charge in [0.2, 0.25) is 0 Å². The second kappa shape index (κ2) is 12.9. The highest BCUT2D eigenvalue weighted by Gasteiger charge is 2.13. The molecule has 0 N–H and O–H groups in total. The number of benzene rings is 9. The highest BCUT2D eigenvalue weighted by Crippen LogP contribution is 2.41. The minimum Gasteiger partial charge on any atom is -0.252 e. The largest absolute Gasteiger partial charge is 0.252 e. The maximum absolute atomic E-state index is 5.17. The molecule has 9 aromatic carbocycles. The van der Waals surface area contributed by atoms with Crippen LogP contribution in [0.4, 0.5) is 0 Å². The third-order valence-corrected chi connectivity index (χ3v) is 12.2. The smallest absolute Gasteiger partial charge is 0.0979 e. The second-order valence-corrected chi connectivity index (χ2v) is 15.2. The van der Waals surface area contributed by atoms with E-state index < -0.39 is 0 Å². The number of hydrogen-bond donors (Lipinski definition) is 0. The van der Waals surface area contributed by atoms with Crippen molar-refractivity contribution < 1.29 is 0 Å². The van der Waals surface area contributed by atoms with Gasteiger partial charge in [0.05, 0.1) is 22.9 Å². The van der Waals surface area contributed by atoms with Crippen LogP contribution in [0.15, 0.2) is 194 Å². The molecule has 55 heavy (non-hydrogen) atoms. The first-order valence-electron chi connectivity index (χ1n) is 18.6. The van der Waals surface area contributed by atoms with Crippen molar-refractivity contribution >= 4 is 64.1 Å². The molecule has 2 nitrogen and oxygen atoms in total. The Kier molecular flexibility index (Phi) is 7.39. The molecular weight excluding hydrogens is 685 g/mol. The topological polar surface area (TPSA) is 25.8 Å². The Balaban J connectivity index is 0.843. The van der Waals surface area contributed by atoms with Gasteiger partial charge in [-0.15, -0.1) is 11.3 Å². The molecule has 11 aromatic rings. The van der Waals surface area contributed by atoms with Gasteiger partial charge in [-0.05, 0) is 67.4 Å². The van der Waals surface area contributed by atoms with Crippen molar-refractivity contribution in [1.29, 1.82) is 0 Å². The fourth-order valence-corrected chi connectivity index (χ4v) is 9.38. The zero-order valence-electron chi connectivity index (χ0n) is 29.8. The summed E-state index contributed by atoms with van der Waals surface area (Å²) in [6.45, 7) is 0. The summed E-state index contributed by atoms with van der Waals surface area (Å²) in [5, 5.41) is 7.33. The van der Waals surface area contributed by atoms with Crippen molar-refractivity contribution in [3.05, 3.63) is 194 Å². The molecule has 0 spiro atoms. The molecule has 2 heterocycles. The number of aromatic nitrogens is 2. The van der Waals surface area contributed by atoms with E-state index in [1.54, 1.807) is 0 Å². The lowest BCUT2D eigenvalue weighted by Gasteiger charge is -2.11. The Labute approximate surface area is 322 Å². The Morgan fingerprint density at radius 2 is 0.800 bits per heavy atom. The molecule has 0 aliphatic heterocycles. The molecule has 0 unspecified atom stereocenters. The fourth-order valence-electron chi connectivity index (χ4n) is 8.15. The monoisotopic (exact) mass is 716 g/mol. The number of thiophene rings is 1. The van der Waals surface area contributed by atoms with Crippen LogP contribution in [0, 0.1) is 0 Å². The molecule has 0 aliphatic rings. The lowest BCUT2D eigenvalue weighted by atomic mass is 9.95. The second-order valence-electron chi connectivity index (χ2n) is 14.1. The van der Waals surface area contributed by atoms with Crippen LogP contribution in [0.25, 0.3) is 109 Å². The standard InChI is InChI=1S/C52H32N2S/c1-3-14-45-42(11-1)43-12-2-4-15-46(43)51-50(45)53-32-48(54-51)38-29-27-36(28-30-38)34-21-19-33(20-22-34)35-23-25-37(26-24-35)39-9-7-10-40(31-39)41-16-8-17-47-44-13-5-6-18-49(44)55-52(41)47/h1-32H. The van der Waals surface area contributed by atoms with E-state index in [4.69, 9.17) is 9.97 Å². The predicted octanol–water partition coefficient (Wildman–Crippen LogP) is 14.6. The maximum Gasteiger partial charge on any atom is 0.0979 e. The SMILES string of the molecule is c1cc(-c2ccc(-c3ccc(-c4ccc(-c5cnc6c7ccccc7c7ccccc7c6n5)cc4)cc3)cc2)cc(-c2cccc3c2sc2ccccc23)c1. The van der Waals surface area contributed by atoms with Crippen molar-refractivity contribution in [2.75, 3.05) is 0 Å². The van der Waals surface area contributed by atoms with Crippen LogP contribution in [-0.4, -0.2) is 9.97 Å². The van der Waals surface area contributed by atoms with Gasteiger partial charge in [0.1, 0.15) is 0 Å². The van der Waals surface area contributed by atoms with Gasteiger partial charge in [0.15, 0.2) is 0 Å². The highest BCUT2D eigenvalue weighted by molar-refractivity contribution is 7.26. The quantitative estimate of drug-likeness (QED) is 0.166. The van der Waals surface area contributed by atoms with Crippen LogP contribution in [-0.2, 0) is 0 Å². The van der Waals surface area contributed by atoms with Gasteiger partial charge in [-0.1, -0.05) is 176 Å².